The minimum absolute atomic E-state index is 0.539. The Morgan fingerprint density at radius 3 is 2.79 bits per heavy atom. The van der Waals surface area contributed by atoms with E-state index in [2.05, 4.69) is 47.7 Å². The number of hydrogen-bond acceptors (Lipinski definition) is 1. The van der Waals surface area contributed by atoms with Crippen molar-refractivity contribution in [3.8, 4) is 0 Å². The molecule has 19 heavy (non-hydrogen) atoms. The summed E-state index contributed by atoms with van der Waals surface area (Å²) in [4.78, 5) is 3.39. The van der Waals surface area contributed by atoms with Gasteiger partial charge in [0.15, 0.2) is 0 Å². The van der Waals surface area contributed by atoms with Crippen LogP contribution in [0.25, 0.3) is 10.9 Å². The molecule has 2 aromatic rings. The fourth-order valence-electron chi connectivity index (χ4n) is 3.95. The van der Waals surface area contributed by atoms with Gasteiger partial charge < -0.3 is 10.3 Å². The largest absolute Gasteiger partial charge is 0.361 e. The fourth-order valence-corrected chi connectivity index (χ4v) is 3.95. The minimum atomic E-state index is 0.539. The van der Waals surface area contributed by atoms with E-state index in [0.717, 1.165) is 12.3 Å². The van der Waals surface area contributed by atoms with Gasteiger partial charge in [-0.25, -0.2) is 0 Å². The zero-order chi connectivity index (χ0) is 12.9. The number of aromatic amines is 1. The number of fused-ring (bicyclic) bond motifs is 1. The van der Waals surface area contributed by atoms with Crippen molar-refractivity contribution in [1.82, 2.24) is 10.3 Å². The van der Waals surface area contributed by atoms with Gasteiger partial charge >= 0.3 is 0 Å². The molecule has 0 unspecified atom stereocenters. The van der Waals surface area contributed by atoms with Gasteiger partial charge in [0.1, 0.15) is 0 Å². The van der Waals surface area contributed by atoms with Gasteiger partial charge in [0.2, 0.25) is 0 Å². The lowest BCUT2D eigenvalue weighted by Gasteiger charge is -2.63. The summed E-state index contributed by atoms with van der Waals surface area (Å²) in [6.07, 6.45) is 8.84. The molecular formula is C17H22N2. The first kappa shape index (κ1) is 11.5. The van der Waals surface area contributed by atoms with Crippen molar-refractivity contribution >= 4 is 10.9 Å². The van der Waals surface area contributed by atoms with Gasteiger partial charge in [-0.1, -0.05) is 25.1 Å². The van der Waals surface area contributed by atoms with Crippen molar-refractivity contribution in [2.75, 3.05) is 0 Å². The number of hydrogen-bond donors (Lipinski definition) is 2. The van der Waals surface area contributed by atoms with E-state index in [0.29, 0.717) is 11.6 Å². The van der Waals surface area contributed by atoms with Crippen LogP contribution in [-0.2, 0) is 6.42 Å². The summed E-state index contributed by atoms with van der Waals surface area (Å²) in [7, 11) is 0. The highest BCUT2D eigenvalue weighted by molar-refractivity contribution is 5.83. The molecule has 3 saturated carbocycles. The van der Waals surface area contributed by atoms with Crippen molar-refractivity contribution < 1.29 is 0 Å². The number of nitrogens with one attached hydrogen (secondary N) is 2. The van der Waals surface area contributed by atoms with Gasteiger partial charge in [0.25, 0.3) is 0 Å². The Kier molecular flexibility index (Phi) is 2.49. The number of aromatic nitrogens is 1. The van der Waals surface area contributed by atoms with E-state index >= 15 is 0 Å². The second-order valence-electron chi connectivity index (χ2n) is 6.57. The van der Waals surface area contributed by atoms with Crippen molar-refractivity contribution in [2.24, 2.45) is 5.92 Å². The molecule has 0 spiro atoms. The molecule has 1 atom stereocenters. The van der Waals surface area contributed by atoms with Crippen LogP contribution in [0, 0.1) is 5.92 Å². The molecule has 0 radical (unpaired) electrons. The molecular weight excluding hydrogens is 232 g/mol. The molecule has 2 N–H and O–H groups in total. The molecule has 2 nitrogen and oxygen atoms in total. The van der Waals surface area contributed by atoms with Gasteiger partial charge in [0.05, 0.1) is 0 Å². The molecule has 100 valence electrons. The molecule has 1 heterocycles. The number of rotatable bonds is 5. The molecule has 3 fully saturated rings. The Hall–Kier alpha value is -1.28. The van der Waals surface area contributed by atoms with Crippen LogP contribution in [0.1, 0.15) is 38.2 Å². The molecule has 3 aliphatic carbocycles. The maximum atomic E-state index is 3.93. The first-order valence-corrected chi connectivity index (χ1v) is 7.61. The summed E-state index contributed by atoms with van der Waals surface area (Å²) in [6.45, 7) is 2.30. The summed E-state index contributed by atoms with van der Waals surface area (Å²) in [5.74, 6) is 1.05. The second kappa shape index (κ2) is 4.11. The zero-order valence-corrected chi connectivity index (χ0v) is 11.6. The molecule has 2 bridgehead atoms. The lowest BCUT2D eigenvalue weighted by molar-refractivity contribution is -0.0590. The number of benzene rings is 1. The van der Waals surface area contributed by atoms with Gasteiger partial charge in [-0.3, -0.25) is 0 Å². The first-order chi connectivity index (χ1) is 9.28. The SMILES string of the molecule is CC[C@@H](Cc1c[nH]c2ccccc12)NC12CC(C1)C2. The zero-order valence-electron chi connectivity index (χ0n) is 11.6. The van der Waals surface area contributed by atoms with Crippen molar-refractivity contribution in [2.45, 2.75) is 50.6 Å². The molecule has 5 rings (SSSR count). The third-order valence-electron chi connectivity index (χ3n) is 5.18. The molecule has 3 aliphatic rings. The van der Waals surface area contributed by atoms with Crippen molar-refractivity contribution in [3.63, 3.8) is 0 Å². The molecule has 0 amide bonds. The average Bonchev–Trinajstić information content (AvgIpc) is 2.74. The lowest BCUT2D eigenvalue weighted by Crippen LogP contribution is -2.69. The van der Waals surface area contributed by atoms with Crippen LogP contribution >= 0.6 is 0 Å². The third kappa shape index (κ3) is 1.81. The number of H-pyrrole nitrogens is 1. The smallest absolute Gasteiger partial charge is 0.0456 e. The van der Waals surface area contributed by atoms with E-state index < -0.39 is 0 Å². The predicted molar refractivity (Wildman–Crippen MR) is 79.3 cm³/mol. The molecule has 1 aromatic heterocycles. The Labute approximate surface area is 114 Å². The van der Waals surface area contributed by atoms with Crippen LogP contribution < -0.4 is 5.32 Å². The quantitative estimate of drug-likeness (QED) is 0.838. The van der Waals surface area contributed by atoms with E-state index in [9.17, 15) is 0 Å². The highest BCUT2D eigenvalue weighted by atomic mass is 15.1. The maximum absolute atomic E-state index is 3.93. The maximum Gasteiger partial charge on any atom is 0.0456 e. The summed E-state index contributed by atoms with van der Waals surface area (Å²) >= 11 is 0. The van der Waals surface area contributed by atoms with Gasteiger partial charge in [-0.2, -0.15) is 0 Å². The van der Waals surface area contributed by atoms with Crippen LogP contribution in [-0.4, -0.2) is 16.6 Å². The van der Waals surface area contributed by atoms with E-state index in [1.54, 1.807) is 0 Å². The van der Waals surface area contributed by atoms with Crippen LogP contribution in [0.15, 0.2) is 30.5 Å². The Morgan fingerprint density at radius 2 is 2.11 bits per heavy atom. The van der Waals surface area contributed by atoms with Crippen molar-refractivity contribution in [3.05, 3.63) is 36.0 Å². The van der Waals surface area contributed by atoms with Gasteiger partial charge in [-0.15, -0.1) is 0 Å². The highest BCUT2D eigenvalue weighted by Crippen LogP contribution is 2.57. The van der Waals surface area contributed by atoms with E-state index in [-0.39, 0.29) is 0 Å². The average molecular weight is 254 g/mol. The summed E-state index contributed by atoms with van der Waals surface area (Å²) in [5, 5.41) is 5.32. The van der Waals surface area contributed by atoms with Gasteiger partial charge in [-0.05, 0) is 49.7 Å². The predicted octanol–water partition coefficient (Wildman–Crippen LogP) is 3.63. The molecule has 0 aliphatic heterocycles. The lowest BCUT2D eigenvalue weighted by atomic mass is 9.49. The molecule has 0 saturated heterocycles. The van der Waals surface area contributed by atoms with E-state index in [4.69, 9.17) is 0 Å². The third-order valence-corrected chi connectivity index (χ3v) is 5.18. The highest BCUT2D eigenvalue weighted by Gasteiger charge is 2.56. The molecule has 2 heteroatoms. The van der Waals surface area contributed by atoms with E-state index in [1.165, 1.54) is 42.1 Å². The van der Waals surface area contributed by atoms with Crippen LogP contribution in [0.5, 0.6) is 0 Å². The van der Waals surface area contributed by atoms with Gasteiger partial charge in [0, 0.05) is 28.7 Å². The minimum Gasteiger partial charge on any atom is -0.361 e. The normalized spacial score (nSPS) is 29.8. The molecule has 1 aromatic carbocycles. The second-order valence-corrected chi connectivity index (χ2v) is 6.57. The summed E-state index contributed by atoms with van der Waals surface area (Å²) < 4.78 is 0. The topological polar surface area (TPSA) is 27.8 Å². The van der Waals surface area contributed by atoms with Crippen LogP contribution in [0.3, 0.4) is 0 Å². The van der Waals surface area contributed by atoms with Crippen molar-refractivity contribution in [1.29, 1.82) is 0 Å². The Morgan fingerprint density at radius 1 is 1.32 bits per heavy atom. The Balaban J connectivity index is 1.52. The van der Waals surface area contributed by atoms with Crippen LogP contribution in [0.4, 0.5) is 0 Å². The monoisotopic (exact) mass is 254 g/mol. The van der Waals surface area contributed by atoms with E-state index in [1.807, 2.05) is 0 Å². The summed E-state index contributed by atoms with van der Waals surface area (Å²) in [5.41, 5.74) is 3.26. The number of para-hydroxylation sites is 1. The Bertz CT molecular complexity index is 581. The van der Waals surface area contributed by atoms with Crippen LogP contribution in [0.2, 0.25) is 0 Å². The first-order valence-electron chi connectivity index (χ1n) is 7.61. The fraction of sp³-hybridized carbons (Fsp3) is 0.529. The summed E-state index contributed by atoms with van der Waals surface area (Å²) in [6, 6.07) is 9.25. The standard InChI is InChI=1S/C17H22N2/c1-2-14(19-17-8-12(9-17)10-17)7-13-11-18-16-6-4-3-5-15(13)16/h3-6,11-12,14,18-19H,2,7-10H2,1H3/t12?,14-,17?/m0/s1.